The summed E-state index contributed by atoms with van der Waals surface area (Å²) in [6.07, 6.45) is 1.76. The molecule has 1 aromatic rings. The molecule has 1 saturated heterocycles. The van der Waals surface area contributed by atoms with Gasteiger partial charge in [-0.15, -0.1) is 0 Å². The van der Waals surface area contributed by atoms with E-state index in [9.17, 15) is 4.79 Å². The third kappa shape index (κ3) is 5.46. The van der Waals surface area contributed by atoms with Crippen molar-refractivity contribution in [2.75, 3.05) is 33.8 Å². The summed E-state index contributed by atoms with van der Waals surface area (Å²) in [4.78, 5) is 16.1. The Balaban J connectivity index is 0.00000242. The summed E-state index contributed by atoms with van der Waals surface area (Å²) in [7, 11) is 4.06. The van der Waals surface area contributed by atoms with Crippen LogP contribution in [0, 0.1) is 5.92 Å². The van der Waals surface area contributed by atoms with E-state index in [0.717, 1.165) is 50.5 Å². The topological polar surface area (TPSA) is 45.9 Å². The second-order valence-corrected chi connectivity index (χ2v) is 5.91. The highest BCUT2D eigenvalue weighted by Crippen LogP contribution is 2.21. The van der Waals surface area contributed by atoms with Crippen LogP contribution in [0.15, 0.2) is 16.5 Å². The zero-order chi connectivity index (χ0) is 15.2. The average Bonchev–Trinajstić information content (AvgIpc) is 2.86. The first-order valence-electron chi connectivity index (χ1n) is 7.69. The Labute approximate surface area is 134 Å². The molecule has 0 aliphatic carbocycles. The van der Waals surface area contributed by atoms with E-state index < -0.39 is 0 Å². The standard InChI is InChI=1S/C16H26N2O3.CH4/c1-4-20-16(19)13-7-9-18(10-8-13)12-15-6-5-14(21-15)11-17(2)3;/h5-6,13H,4,7-12H2,1-3H3;1H4. The average molecular weight is 310 g/mol. The number of hydrogen-bond donors (Lipinski definition) is 0. The van der Waals surface area contributed by atoms with Crippen LogP contribution in [0.5, 0.6) is 0 Å². The Morgan fingerprint density at radius 3 is 2.55 bits per heavy atom. The highest BCUT2D eigenvalue weighted by Gasteiger charge is 2.26. The van der Waals surface area contributed by atoms with Crippen molar-refractivity contribution < 1.29 is 13.9 Å². The van der Waals surface area contributed by atoms with E-state index in [1.54, 1.807) is 0 Å². The van der Waals surface area contributed by atoms with E-state index in [0.29, 0.717) is 6.61 Å². The first-order chi connectivity index (χ1) is 10.1. The lowest BCUT2D eigenvalue weighted by molar-refractivity contribution is -0.149. The summed E-state index contributed by atoms with van der Waals surface area (Å²) in [5.41, 5.74) is 0. The number of rotatable bonds is 6. The Morgan fingerprint density at radius 2 is 1.95 bits per heavy atom. The number of likely N-dealkylation sites (tertiary alicyclic amines) is 1. The van der Waals surface area contributed by atoms with Crippen LogP contribution < -0.4 is 0 Å². The maximum absolute atomic E-state index is 11.7. The predicted molar refractivity (Wildman–Crippen MR) is 87.5 cm³/mol. The number of furan rings is 1. The summed E-state index contributed by atoms with van der Waals surface area (Å²) in [5.74, 6) is 2.03. The van der Waals surface area contributed by atoms with Crippen LogP contribution in [0.25, 0.3) is 0 Å². The molecular weight excluding hydrogens is 280 g/mol. The van der Waals surface area contributed by atoms with E-state index in [4.69, 9.17) is 9.15 Å². The van der Waals surface area contributed by atoms with Gasteiger partial charge in [0.15, 0.2) is 0 Å². The number of carbonyl (C=O) groups is 1. The smallest absolute Gasteiger partial charge is 0.309 e. The summed E-state index contributed by atoms with van der Waals surface area (Å²) >= 11 is 0. The molecule has 0 atom stereocenters. The molecule has 1 aromatic heterocycles. The molecule has 126 valence electrons. The van der Waals surface area contributed by atoms with E-state index in [1.165, 1.54) is 0 Å². The van der Waals surface area contributed by atoms with Gasteiger partial charge in [0.2, 0.25) is 0 Å². The van der Waals surface area contributed by atoms with Crippen molar-refractivity contribution >= 4 is 5.97 Å². The van der Waals surface area contributed by atoms with Crippen LogP contribution in [-0.4, -0.2) is 49.6 Å². The summed E-state index contributed by atoms with van der Waals surface area (Å²) in [5, 5.41) is 0. The SMILES string of the molecule is C.CCOC(=O)C1CCN(Cc2ccc(CN(C)C)o2)CC1. The Kier molecular flexibility index (Phi) is 7.62. The largest absolute Gasteiger partial charge is 0.466 e. The van der Waals surface area contributed by atoms with Crippen molar-refractivity contribution in [2.24, 2.45) is 5.92 Å². The maximum atomic E-state index is 11.7. The van der Waals surface area contributed by atoms with E-state index in [1.807, 2.05) is 27.1 Å². The molecule has 5 nitrogen and oxygen atoms in total. The molecule has 0 bridgehead atoms. The monoisotopic (exact) mass is 310 g/mol. The summed E-state index contributed by atoms with van der Waals surface area (Å²) in [6, 6.07) is 4.09. The molecule has 2 rings (SSSR count). The number of carbonyl (C=O) groups excluding carboxylic acids is 1. The van der Waals surface area contributed by atoms with Gasteiger partial charge in [0.05, 0.1) is 25.6 Å². The zero-order valence-corrected chi connectivity index (χ0v) is 13.3. The maximum Gasteiger partial charge on any atom is 0.309 e. The molecule has 0 radical (unpaired) electrons. The lowest BCUT2D eigenvalue weighted by Crippen LogP contribution is -2.36. The lowest BCUT2D eigenvalue weighted by Gasteiger charge is -2.30. The first-order valence-corrected chi connectivity index (χ1v) is 7.69. The molecule has 0 N–H and O–H groups in total. The van der Waals surface area contributed by atoms with Crippen LogP contribution in [0.2, 0.25) is 0 Å². The van der Waals surface area contributed by atoms with Gasteiger partial charge in [-0.05, 0) is 59.1 Å². The van der Waals surface area contributed by atoms with Crippen molar-refractivity contribution in [3.8, 4) is 0 Å². The summed E-state index contributed by atoms with van der Waals surface area (Å²) in [6.45, 7) is 5.82. The van der Waals surface area contributed by atoms with Crippen molar-refractivity contribution in [1.29, 1.82) is 0 Å². The van der Waals surface area contributed by atoms with E-state index in [-0.39, 0.29) is 19.3 Å². The molecule has 0 spiro atoms. The second kappa shape index (κ2) is 8.96. The van der Waals surface area contributed by atoms with Crippen LogP contribution in [0.3, 0.4) is 0 Å². The van der Waals surface area contributed by atoms with Gasteiger partial charge in [-0.1, -0.05) is 7.43 Å². The normalized spacial score (nSPS) is 16.5. The molecule has 2 heterocycles. The fourth-order valence-electron chi connectivity index (χ4n) is 2.71. The van der Waals surface area contributed by atoms with Crippen molar-refractivity contribution in [3.63, 3.8) is 0 Å². The Hall–Kier alpha value is -1.33. The fourth-order valence-corrected chi connectivity index (χ4v) is 2.71. The number of esters is 1. The quantitative estimate of drug-likeness (QED) is 0.756. The minimum absolute atomic E-state index is 0. The molecule has 0 saturated carbocycles. The highest BCUT2D eigenvalue weighted by atomic mass is 16.5. The molecule has 22 heavy (non-hydrogen) atoms. The van der Waals surface area contributed by atoms with Gasteiger partial charge in [0.1, 0.15) is 11.5 Å². The minimum atomic E-state index is -0.0385. The highest BCUT2D eigenvalue weighted by molar-refractivity contribution is 5.72. The molecule has 0 amide bonds. The van der Waals surface area contributed by atoms with Crippen molar-refractivity contribution in [1.82, 2.24) is 9.80 Å². The van der Waals surface area contributed by atoms with Crippen LogP contribution in [0.4, 0.5) is 0 Å². The molecule has 1 aliphatic rings. The molecule has 1 aliphatic heterocycles. The van der Waals surface area contributed by atoms with Gasteiger partial charge in [0.25, 0.3) is 0 Å². The Bertz CT molecular complexity index is 449. The third-order valence-corrected chi connectivity index (χ3v) is 3.78. The molecule has 0 unspecified atom stereocenters. The van der Waals surface area contributed by atoms with Gasteiger partial charge >= 0.3 is 5.97 Å². The van der Waals surface area contributed by atoms with Crippen molar-refractivity contribution in [2.45, 2.75) is 40.3 Å². The van der Waals surface area contributed by atoms with E-state index >= 15 is 0 Å². The number of ether oxygens (including phenoxy) is 1. The van der Waals surface area contributed by atoms with Gasteiger partial charge in [-0.3, -0.25) is 9.69 Å². The Morgan fingerprint density at radius 1 is 1.32 bits per heavy atom. The first kappa shape index (κ1) is 18.7. The van der Waals surface area contributed by atoms with Crippen LogP contribution in [0.1, 0.15) is 38.7 Å². The number of hydrogen-bond acceptors (Lipinski definition) is 5. The van der Waals surface area contributed by atoms with Gasteiger partial charge < -0.3 is 14.1 Å². The van der Waals surface area contributed by atoms with Crippen LogP contribution >= 0.6 is 0 Å². The molecule has 5 heteroatoms. The number of piperidine rings is 1. The zero-order valence-electron chi connectivity index (χ0n) is 13.3. The molecular formula is C17H30N2O3. The predicted octanol–water partition coefficient (Wildman–Crippen LogP) is 2.75. The third-order valence-electron chi connectivity index (χ3n) is 3.78. The van der Waals surface area contributed by atoms with Crippen molar-refractivity contribution in [3.05, 3.63) is 23.7 Å². The molecule has 0 aromatic carbocycles. The van der Waals surface area contributed by atoms with Crippen LogP contribution in [-0.2, 0) is 22.6 Å². The van der Waals surface area contributed by atoms with Gasteiger partial charge in [0, 0.05) is 0 Å². The number of nitrogens with zero attached hydrogens (tertiary/aromatic N) is 2. The van der Waals surface area contributed by atoms with Gasteiger partial charge in [-0.25, -0.2) is 0 Å². The molecule has 1 fully saturated rings. The fraction of sp³-hybridized carbons (Fsp3) is 0.706. The second-order valence-electron chi connectivity index (χ2n) is 5.91. The van der Waals surface area contributed by atoms with Gasteiger partial charge in [-0.2, -0.15) is 0 Å². The lowest BCUT2D eigenvalue weighted by atomic mass is 9.97. The minimum Gasteiger partial charge on any atom is -0.466 e. The van der Waals surface area contributed by atoms with E-state index in [2.05, 4.69) is 15.9 Å². The summed E-state index contributed by atoms with van der Waals surface area (Å²) < 4.78 is 10.9.